The van der Waals surface area contributed by atoms with Crippen molar-refractivity contribution in [2.75, 3.05) is 10.7 Å². The molecule has 0 N–H and O–H groups in total. The van der Waals surface area contributed by atoms with E-state index in [0.29, 0.717) is 13.0 Å². The molecule has 0 aliphatic rings. The summed E-state index contributed by atoms with van der Waals surface area (Å²) in [5.74, 6) is 1.53. The molecule has 29 heavy (non-hydrogen) atoms. The van der Waals surface area contributed by atoms with E-state index < -0.39 is 0 Å². The molecule has 2 aromatic heterocycles. The number of rotatable bonds is 7. The highest BCUT2D eigenvalue weighted by molar-refractivity contribution is 7.99. The van der Waals surface area contributed by atoms with Gasteiger partial charge in [-0.1, -0.05) is 35.6 Å². The average molecular weight is 423 g/mol. The fourth-order valence-electron chi connectivity index (χ4n) is 3.06. The van der Waals surface area contributed by atoms with E-state index in [2.05, 4.69) is 38.1 Å². The number of amides is 1. The summed E-state index contributed by atoms with van der Waals surface area (Å²) in [6, 6.07) is 18.1. The van der Waals surface area contributed by atoms with Crippen LogP contribution in [0.3, 0.4) is 0 Å². The minimum absolute atomic E-state index is 0.0539. The van der Waals surface area contributed by atoms with Crippen LogP contribution in [0.5, 0.6) is 0 Å². The molecule has 0 radical (unpaired) electrons. The summed E-state index contributed by atoms with van der Waals surface area (Å²) in [5.41, 5.74) is 3.34. The molecule has 1 amide bonds. The van der Waals surface area contributed by atoms with Crippen LogP contribution in [0.4, 0.5) is 5.13 Å². The summed E-state index contributed by atoms with van der Waals surface area (Å²) in [7, 11) is 0. The second kappa shape index (κ2) is 8.84. The fourth-order valence-corrected chi connectivity index (χ4v) is 4.96. The van der Waals surface area contributed by atoms with Crippen LogP contribution >= 0.6 is 23.1 Å². The smallest absolute Gasteiger partial charge is 0.230 e. The summed E-state index contributed by atoms with van der Waals surface area (Å²) >= 11 is 3.24. The van der Waals surface area contributed by atoms with Gasteiger partial charge in [0.25, 0.3) is 0 Å². The van der Waals surface area contributed by atoms with Gasteiger partial charge in [-0.05, 0) is 55.3 Å². The number of furan rings is 1. The highest BCUT2D eigenvalue weighted by atomic mass is 32.2. The second-order valence-electron chi connectivity index (χ2n) is 6.82. The molecule has 0 fully saturated rings. The van der Waals surface area contributed by atoms with Gasteiger partial charge in [-0.3, -0.25) is 9.69 Å². The number of thiazole rings is 1. The third kappa shape index (κ3) is 4.54. The first-order chi connectivity index (χ1) is 14.1. The topological polar surface area (TPSA) is 46.3 Å². The van der Waals surface area contributed by atoms with Crippen molar-refractivity contribution in [1.82, 2.24) is 4.98 Å². The number of benzene rings is 2. The first-order valence-corrected chi connectivity index (χ1v) is 11.3. The number of carbonyl (C=O) groups is 1. The van der Waals surface area contributed by atoms with Crippen LogP contribution in [0.2, 0.25) is 0 Å². The second-order valence-corrected chi connectivity index (χ2v) is 9.00. The van der Waals surface area contributed by atoms with Crippen molar-refractivity contribution in [2.45, 2.75) is 31.7 Å². The Bertz CT molecular complexity index is 1100. The molecule has 0 spiro atoms. The first kappa shape index (κ1) is 19.7. The maximum Gasteiger partial charge on any atom is 0.230 e. The summed E-state index contributed by atoms with van der Waals surface area (Å²) < 4.78 is 6.60. The lowest BCUT2D eigenvalue weighted by Crippen LogP contribution is -2.30. The van der Waals surface area contributed by atoms with Crippen molar-refractivity contribution in [2.24, 2.45) is 0 Å². The van der Waals surface area contributed by atoms with Crippen molar-refractivity contribution in [1.29, 1.82) is 0 Å². The third-order valence-corrected chi connectivity index (χ3v) is 6.88. The standard InChI is InChI=1S/C23H22N2O2S2/c1-16-10-11-20-22(17(16)2)24-23(29-20)25(15-18-7-6-13-27-18)21(26)12-14-28-19-8-4-3-5-9-19/h3-11,13H,12,14-15H2,1-2H3. The molecule has 6 heteroatoms. The summed E-state index contributed by atoms with van der Waals surface area (Å²) in [4.78, 5) is 20.9. The van der Waals surface area contributed by atoms with Crippen LogP contribution in [0.15, 0.2) is 70.2 Å². The zero-order chi connectivity index (χ0) is 20.2. The monoisotopic (exact) mass is 422 g/mol. The molecule has 4 nitrogen and oxygen atoms in total. The highest BCUT2D eigenvalue weighted by Gasteiger charge is 2.21. The minimum Gasteiger partial charge on any atom is -0.467 e. The molecule has 0 bridgehead atoms. The molecule has 0 atom stereocenters. The van der Waals surface area contributed by atoms with Gasteiger partial charge in [0.05, 0.1) is 23.0 Å². The van der Waals surface area contributed by atoms with Gasteiger partial charge in [0, 0.05) is 17.1 Å². The van der Waals surface area contributed by atoms with Gasteiger partial charge in [-0.15, -0.1) is 11.8 Å². The third-order valence-electron chi connectivity index (χ3n) is 4.83. The van der Waals surface area contributed by atoms with Crippen LogP contribution in [-0.2, 0) is 11.3 Å². The predicted molar refractivity (Wildman–Crippen MR) is 121 cm³/mol. The molecule has 4 aromatic rings. The molecule has 148 valence electrons. The number of hydrogen-bond acceptors (Lipinski definition) is 5. The van der Waals surface area contributed by atoms with Crippen molar-refractivity contribution in [3.63, 3.8) is 0 Å². The van der Waals surface area contributed by atoms with Crippen LogP contribution in [0.25, 0.3) is 10.2 Å². The number of fused-ring (bicyclic) bond motifs is 1. The molecule has 0 aliphatic heterocycles. The molecule has 0 aliphatic carbocycles. The molecular formula is C23H22N2O2S2. The SMILES string of the molecule is Cc1ccc2sc(N(Cc3ccco3)C(=O)CCSc3ccccc3)nc2c1C. The van der Waals surface area contributed by atoms with Crippen molar-refractivity contribution in [3.05, 3.63) is 77.7 Å². The fraction of sp³-hybridized carbons (Fsp3) is 0.217. The molecule has 2 heterocycles. The van der Waals surface area contributed by atoms with Gasteiger partial charge in [0.2, 0.25) is 5.91 Å². The predicted octanol–water partition coefficient (Wildman–Crippen LogP) is 6.22. The first-order valence-electron chi connectivity index (χ1n) is 9.49. The maximum absolute atomic E-state index is 13.1. The van der Waals surface area contributed by atoms with Gasteiger partial charge in [-0.25, -0.2) is 4.98 Å². The van der Waals surface area contributed by atoms with E-state index in [1.165, 1.54) is 10.5 Å². The van der Waals surface area contributed by atoms with Gasteiger partial charge >= 0.3 is 0 Å². The minimum atomic E-state index is 0.0539. The lowest BCUT2D eigenvalue weighted by molar-refractivity contribution is -0.118. The van der Waals surface area contributed by atoms with Crippen LogP contribution < -0.4 is 4.90 Å². The Morgan fingerprint density at radius 3 is 2.69 bits per heavy atom. The summed E-state index contributed by atoms with van der Waals surface area (Å²) in [6.07, 6.45) is 2.07. The number of anilines is 1. The lowest BCUT2D eigenvalue weighted by atomic mass is 10.1. The number of aromatic nitrogens is 1. The normalized spacial score (nSPS) is 11.1. The van der Waals surface area contributed by atoms with Gasteiger partial charge in [0.15, 0.2) is 5.13 Å². The van der Waals surface area contributed by atoms with Crippen LogP contribution in [-0.4, -0.2) is 16.6 Å². The average Bonchev–Trinajstić information content (AvgIpc) is 3.39. The Hall–Kier alpha value is -2.57. The number of nitrogens with zero attached hydrogens (tertiary/aromatic N) is 2. The van der Waals surface area contributed by atoms with E-state index in [1.807, 2.05) is 30.3 Å². The molecule has 0 saturated heterocycles. The van der Waals surface area contributed by atoms with Crippen LogP contribution in [0.1, 0.15) is 23.3 Å². The molecule has 4 rings (SSSR count). The highest BCUT2D eigenvalue weighted by Crippen LogP contribution is 2.33. The molecular weight excluding hydrogens is 400 g/mol. The number of thioether (sulfide) groups is 1. The van der Waals surface area contributed by atoms with Gasteiger partial charge < -0.3 is 4.42 Å². The Morgan fingerprint density at radius 2 is 1.93 bits per heavy atom. The Labute approximate surface area is 178 Å². The number of aryl methyl sites for hydroxylation is 2. The van der Waals surface area contributed by atoms with E-state index in [9.17, 15) is 4.79 Å². The van der Waals surface area contributed by atoms with E-state index in [-0.39, 0.29) is 5.91 Å². The molecule has 2 aromatic carbocycles. The Morgan fingerprint density at radius 1 is 1.10 bits per heavy atom. The summed E-state index contributed by atoms with van der Waals surface area (Å²) in [5, 5.41) is 0.722. The van der Waals surface area contributed by atoms with Gasteiger partial charge in [-0.2, -0.15) is 0 Å². The van der Waals surface area contributed by atoms with E-state index in [1.54, 1.807) is 34.3 Å². The van der Waals surface area contributed by atoms with Crippen LogP contribution in [0, 0.1) is 13.8 Å². The Kier molecular flexibility index (Phi) is 6.02. The largest absolute Gasteiger partial charge is 0.467 e. The van der Waals surface area contributed by atoms with Crippen molar-refractivity contribution in [3.8, 4) is 0 Å². The summed E-state index contributed by atoms with van der Waals surface area (Å²) in [6.45, 7) is 4.55. The maximum atomic E-state index is 13.1. The number of carbonyl (C=O) groups excluding carboxylic acids is 1. The van der Waals surface area contributed by atoms with E-state index in [4.69, 9.17) is 9.40 Å². The zero-order valence-corrected chi connectivity index (χ0v) is 18.1. The lowest BCUT2D eigenvalue weighted by Gasteiger charge is -2.18. The van der Waals surface area contributed by atoms with E-state index >= 15 is 0 Å². The van der Waals surface area contributed by atoms with Gasteiger partial charge in [0.1, 0.15) is 5.76 Å². The van der Waals surface area contributed by atoms with E-state index in [0.717, 1.165) is 32.4 Å². The quantitative estimate of drug-likeness (QED) is 0.332. The number of hydrogen-bond donors (Lipinski definition) is 0. The molecule has 0 saturated carbocycles. The van der Waals surface area contributed by atoms with Crippen molar-refractivity contribution < 1.29 is 9.21 Å². The van der Waals surface area contributed by atoms with Crippen molar-refractivity contribution >= 4 is 44.4 Å². The molecule has 0 unspecified atom stereocenters. The zero-order valence-electron chi connectivity index (χ0n) is 16.4. The Balaban J connectivity index is 1.56.